The average molecular weight is 301 g/mol. The van der Waals surface area contributed by atoms with Gasteiger partial charge in [-0.25, -0.2) is 0 Å². The van der Waals surface area contributed by atoms with Crippen LogP contribution >= 0.6 is 15.9 Å². The van der Waals surface area contributed by atoms with E-state index in [4.69, 9.17) is 4.74 Å². The molecule has 0 atom stereocenters. The topological polar surface area (TPSA) is 55.6 Å². The number of rotatable bonds is 3. The standard InChI is InChI=1S/C11H13BrN2O3/c12-11-9(2-1-3-10(11)14(15)16)8-13-4-6-17-7-5-13/h1-3H,4-8H2. The molecule has 1 aliphatic rings. The maximum absolute atomic E-state index is 10.8. The molecule has 1 aromatic rings. The molecule has 1 fully saturated rings. The number of hydrogen-bond acceptors (Lipinski definition) is 4. The van der Waals surface area contributed by atoms with E-state index >= 15 is 0 Å². The SMILES string of the molecule is O=[N+]([O-])c1cccc(CN2CCOCC2)c1Br. The zero-order valence-corrected chi connectivity index (χ0v) is 10.9. The third-order valence-corrected chi connectivity index (χ3v) is 3.67. The van der Waals surface area contributed by atoms with E-state index < -0.39 is 0 Å². The Labute approximate surface area is 108 Å². The number of nitrogens with zero attached hydrogens (tertiary/aromatic N) is 2. The van der Waals surface area contributed by atoms with Crippen LogP contribution in [-0.4, -0.2) is 36.1 Å². The molecule has 1 aliphatic heterocycles. The first-order valence-electron chi connectivity index (χ1n) is 5.40. The van der Waals surface area contributed by atoms with Gasteiger partial charge in [-0.1, -0.05) is 12.1 Å². The van der Waals surface area contributed by atoms with Crippen LogP contribution in [0.15, 0.2) is 22.7 Å². The minimum absolute atomic E-state index is 0.121. The van der Waals surface area contributed by atoms with Crippen molar-refractivity contribution in [2.45, 2.75) is 6.54 Å². The molecule has 0 spiro atoms. The molecule has 0 bridgehead atoms. The summed E-state index contributed by atoms with van der Waals surface area (Å²) < 4.78 is 5.85. The van der Waals surface area contributed by atoms with Crippen molar-refractivity contribution in [3.05, 3.63) is 38.3 Å². The number of halogens is 1. The largest absolute Gasteiger partial charge is 0.379 e. The predicted octanol–water partition coefficient (Wildman–Crippen LogP) is 2.19. The lowest BCUT2D eigenvalue weighted by molar-refractivity contribution is -0.385. The summed E-state index contributed by atoms with van der Waals surface area (Å²) in [5.41, 5.74) is 1.07. The highest BCUT2D eigenvalue weighted by Gasteiger charge is 2.17. The van der Waals surface area contributed by atoms with Crippen molar-refractivity contribution in [2.75, 3.05) is 26.3 Å². The summed E-state index contributed by atoms with van der Waals surface area (Å²) in [4.78, 5) is 12.7. The van der Waals surface area contributed by atoms with Gasteiger partial charge in [0.05, 0.1) is 22.6 Å². The molecule has 0 amide bonds. The van der Waals surface area contributed by atoms with Crippen molar-refractivity contribution >= 4 is 21.6 Å². The van der Waals surface area contributed by atoms with E-state index in [0.29, 0.717) is 11.0 Å². The van der Waals surface area contributed by atoms with Crippen LogP contribution in [0.25, 0.3) is 0 Å². The van der Waals surface area contributed by atoms with Gasteiger partial charge in [0.1, 0.15) is 0 Å². The van der Waals surface area contributed by atoms with Crippen molar-refractivity contribution < 1.29 is 9.66 Å². The van der Waals surface area contributed by atoms with Crippen LogP contribution in [0.2, 0.25) is 0 Å². The summed E-state index contributed by atoms with van der Waals surface area (Å²) in [6.07, 6.45) is 0. The highest BCUT2D eigenvalue weighted by molar-refractivity contribution is 9.10. The molecule has 0 saturated carbocycles. The second-order valence-corrected chi connectivity index (χ2v) is 4.69. The van der Waals surface area contributed by atoms with Gasteiger partial charge in [0.25, 0.3) is 5.69 Å². The number of hydrogen-bond donors (Lipinski definition) is 0. The molecule has 2 rings (SSSR count). The van der Waals surface area contributed by atoms with E-state index in [1.54, 1.807) is 6.07 Å². The van der Waals surface area contributed by atoms with E-state index in [9.17, 15) is 10.1 Å². The van der Waals surface area contributed by atoms with Crippen LogP contribution in [-0.2, 0) is 11.3 Å². The van der Waals surface area contributed by atoms with Gasteiger partial charge in [0.15, 0.2) is 0 Å². The maximum Gasteiger partial charge on any atom is 0.283 e. The fourth-order valence-corrected chi connectivity index (χ4v) is 2.36. The van der Waals surface area contributed by atoms with Crippen LogP contribution < -0.4 is 0 Å². The molecule has 1 heterocycles. The summed E-state index contributed by atoms with van der Waals surface area (Å²) in [7, 11) is 0. The third-order valence-electron chi connectivity index (χ3n) is 2.75. The van der Waals surface area contributed by atoms with E-state index in [2.05, 4.69) is 20.8 Å². The average Bonchev–Trinajstić information content (AvgIpc) is 2.33. The summed E-state index contributed by atoms with van der Waals surface area (Å²) in [5, 5.41) is 10.8. The Hall–Kier alpha value is -0.980. The highest BCUT2D eigenvalue weighted by Crippen LogP contribution is 2.29. The van der Waals surface area contributed by atoms with E-state index in [1.807, 2.05) is 6.07 Å². The summed E-state index contributed by atoms with van der Waals surface area (Å²) in [6.45, 7) is 3.91. The smallest absolute Gasteiger partial charge is 0.283 e. The van der Waals surface area contributed by atoms with E-state index in [1.165, 1.54) is 6.07 Å². The molecule has 5 nitrogen and oxygen atoms in total. The molecule has 0 aliphatic carbocycles. The van der Waals surface area contributed by atoms with Gasteiger partial charge >= 0.3 is 0 Å². The maximum atomic E-state index is 10.8. The van der Waals surface area contributed by atoms with Crippen LogP contribution in [0.1, 0.15) is 5.56 Å². The normalized spacial score (nSPS) is 17.0. The van der Waals surface area contributed by atoms with Gasteiger partial charge < -0.3 is 4.74 Å². The van der Waals surface area contributed by atoms with Crippen LogP contribution in [0.5, 0.6) is 0 Å². The second-order valence-electron chi connectivity index (χ2n) is 3.90. The first kappa shape index (κ1) is 12.5. The van der Waals surface area contributed by atoms with Crippen molar-refractivity contribution in [1.29, 1.82) is 0 Å². The van der Waals surface area contributed by atoms with Gasteiger partial charge in [-0.15, -0.1) is 0 Å². The van der Waals surface area contributed by atoms with Crippen LogP contribution in [0, 0.1) is 10.1 Å². The van der Waals surface area contributed by atoms with E-state index in [-0.39, 0.29) is 10.6 Å². The number of morpholine rings is 1. The van der Waals surface area contributed by atoms with Gasteiger partial charge in [-0.3, -0.25) is 15.0 Å². The number of ether oxygens (including phenoxy) is 1. The first-order valence-corrected chi connectivity index (χ1v) is 6.19. The zero-order chi connectivity index (χ0) is 12.3. The Morgan fingerprint density at radius 3 is 2.76 bits per heavy atom. The monoisotopic (exact) mass is 300 g/mol. The summed E-state index contributed by atoms with van der Waals surface area (Å²) in [6, 6.07) is 5.14. The molecule has 0 aromatic heterocycles. The fourth-order valence-electron chi connectivity index (χ4n) is 1.83. The molecule has 0 radical (unpaired) electrons. The lowest BCUT2D eigenvalue weighted by Crippen LogP contribution is -2.35. The predicted molar refractivity (Wildman–Crippen MR) is 66.9 cm³/mol. The lowest BCUT2D eigenvalue weighted by Gasteiger charge is -2.26. The molecular formula is C11H13BrN2O3. The van der Waals surface area contributed by atoms with Gasteiger partial charge in [-0.2, -0.15) is 0 Å². The van der Waals surface area contributed by atoms with Crippen molar-refractivity contribution in [3.63, 3.8) is 0 Å². The molecular weight excluding hydrogens is 288 g/mol. The zero-order valence-electron chi connectivity index (χ0n) is 9.26. The Balaban J connectivity index is 2.15. The van der Waals surface area contributed by atoms with Gasteiger partial charge in [0.2, 0.25) is 0 Å². The Morgan fingerprint density at radius 2 is 2.12 bits per heavy atom. The summed E-state index contributed by atoms with van der Waals surface area (Å²) in [5.74, 6) is 0. The Morgan fingerprint density at radius 1 is 1.41 bits per heavy atom. The molecule has 6 heteroatoms. The van der Waals surface area contributed by atoms with E-state index in [0.717, 1.165) is 31.9 Å². The molecule has 0 N–H and O–H groups in total. The Kier molecular flexibility index (Phi) is 4.09. The lowest BCUT2D eigenvalue weighted by atomic mass is 10.2. The second kappa shape index (κ2) is 5.57. The molecule has 1 saturated heterocycles. The summed E-state index contributed by atoms with van der Waals surface area (Å²) >= 11 is 3.31. The molecule has 17 heavy (non-hydrogen) atoms. The molecule has 0 unspecified atom stereocenters. The van der Waals surface area contributed by atoms with Crippen molar-refractivity contribution in [2.24, 2.45) is 0 Å². The number of nitro benzene ring substituents is 1. The van der Waals surface area contributed by atoms with Crippen molar-refractivity contribution in [3.8, 4) is 0 Å². The van der Waals surface area contributed by atoms with Gasteiger partial charge in [0, 0.05) is 25.7 Å². The quantitative estimate of drug-likeness (QED) is 0.634. The van der Waals surface area contributed by atoms with Crippen molar-refractivity contribution in [1.82, 2.24) is 4.90 Å². The fraction of sp³-hybridized carbons (Fsp3) is 0.455. The number of nitro groups is 1. The molecule has 1 aromatic carbocycles. The van der Waals surface area contributed by atoms with Crippen LogP contribution in [0.4, 0.5) is 5.69 Å². The van der Waals surface area contributed by atoms with Crippen LogP contribution in [0.3, 0.4) is 0 Å². The third kappa shape index (κ3) is 3.02. The highest BCUT2D eigenvalue weighted by atomic mass is 79.9. The Bertz CT molecular complexity index is 419. The minimum atomic E-state index is -0.368. The first-order chi connectivity index (χ1) is 8.18. The number of benzene rings is 1. The molecule has 92 valence electrons. The van der Waals surface area contributed by atoms with Gasteiger partial charge in [-0.05, 0) is 21.5 Å². The minimum Gasteiger partial charge on any atom is -0.379 e.